The summed E-state index contributed by atoms with van der Waals surface area (Å²) >= 11 is 0. The van der Waals surface area contributed by atoms with Gasteiger partial charge in [0.15, 0.2) is 0 Å². The second-order valence-corrected chi connectivity index (χ2v) is 0.850. The Bertz CT molecular complexity index is 78.0. The molecular formula is C4H4Cl2O2. The van der Waals surface area contributed by atoms with Gasteiger partial charge in [-0.2, -0.15) is 0 Å². The fourth-order valence-corrected chi connectivity index (χ4v) is 0.219. The topological polar surface area (TPSA) is 18.5 Å². The maximum atomic E-state index is 4.30. The highest BCUT2D eigenvalue weighted by molar-refractivity contribution is 6.85. The van der Waals surface area contributed by atoms with Crippen LogP contribution >= 0.6 is 21.7 Å². The zero-order valence-electron chi connectivity index (χ0n) is 3.88. The van der Waals surface area contributed by atoms with Crippen molar-refractivity contribution in [2.75, 3.05) is 0 Å². The first-order valence-electron chi connectivity index (χ1n) is 1.78. The molecule has 0 atom stereocenters. The van der Waals surface area contributed by atoms with Crippen molar-refractivity contribution in [3.63, 3.8) is 0 Å². The van der Waals surface area contributed by atoms with Gasteiger partial charge >= 0.3 is 0 Å². The van der Waals surface area contributed by atoms with Gasteiger partial charge in [-0.25, -0.2) is 0 Å². The summed E-state index contributed by atoms with van der Waals surface area (Å²) in [6.45, 7) is 0. The molecule has 1 aliphatic heterocycles. The fraction of sp³-hybridized carbons (Fsp3) is 0. The highest BCUT2D eigenvalue weighted by Gasteiger charge is 1.75. The number of hydrogen-bond donors (Lipinski definition) is 0. The van der Waals surface area contributed by atoms with Crippen molar-refractivity contribution in [2.24, 2.45) is 0 Å². The van der Waals surface area contributed by atoms with Crippen molar-refractivity contribution in [1.29, 1.82) is 0 Å². The van der Waals surface area contributed by atoms with Crippen LogP contribution in [0, 0.1) is 0 Å². The van der Waals surface area contributed by atoms with Crippen LogP contribution < -0.4 is 0 Å². The predicted molar refractivity (Wildman–Crippen MR) is 32.2 cm³/mol. The van der Waals surface area contributed by atoms with E-state index in [2.05, 4.69) is 31.5 Å². The number of hydrogen-bond acceptors (Lipinski definition) is 2. The summed E-state index contributed by atoms with van der Waals surface area (Å²) in [5.74, 6) is 0. The van der Waals surface area contributed by atoms with Crippen molar-refractivity contribution in [3.05, 3.63) is 24.7 Å². The van der Waals surface area contributed by atoms with Crippen LogP contribution in [0.1, 0.15) is 0 Å². The summed E-state index contributed by atoms with van der Waals surface area (Å²) in [6, 6.07) is 0. The SMILES string of the molecule is C1=COOC=C1.ClCl. The van der Waals surface area contributed by atoms with E-state index in [1.807, 2.05) is 0 Å². The smallest absolute Gasteiger partial charge is 0.142 e. The molecule has 0 saturated carbocycles. The average molecular weight is 155 g/mol. The van der Waals surface area contributed by atoms with E-state index in [-0.39, 0.29) is 0 Å². The van der Waals surface area contributed by atoms with Crippen molar-refractivity contribution in [3.8, 4) is 0 Å². The summed E-state index contributed by atoms with van der Waals surface area (Å²) in [4.78, 5) is 8.60. The molecule has 0 spiro atoms. The summed E-state index contributed by atoms with van der Waals surface area (Å²) in [5.41, 5.74) is 0. The normalized spacial score (nSPS) is 12.8. The molecule has 2 nitrogen and oxygen atoms in total. The van der Waals surface area contributed by atoms with Crippen LogP contribution in [0.2, 0.25) is 0 Å². The van der Waals surface area contributed by atoms with E-state index in [0.29, 0.717) is 0 Å². The Morgan fingerprint density at radius 2 is 1.25 bits per heavy atom. The Morgan fingerprint density at radius 1 is 0.875 bits per heavy atom. The second kappa shape index (κ2) is 6.66. The van der Waals surface area contributed by atoms with Gasteiger partial charge in [-0.1, -0.05) is 0 Å². The van der Waals surface area contributed by atoms with E-state index >= 15 is 0 Å². The third kappa shape index (κ3) is 3.84. The first-order valence-corrected chi connectivity index (χ1v) is 2.92. The Balaban J connectivity index is 0.000000222. The lowest BCUT2D eigenvalue weighted by molar-refractivity contribution is -0.198. The molecule has 0 N–H and O–H groups in total. The minimum absolute atomic E-state index is 1.46. The Labute approximate surface area is 56.8 Å². The van der Waals surface area contributed by atoms with Gasteiger partial charge in [-0.05, 0) is 12.2 Å². The van der Waals surface area contributed by atoms with E-state index in [1.54, 1.807) is 12.2 Å². The molecule has 0 unspecified atom stereocenters. The molecule has 0 saturated heterocycles. The highest BCUT2D eigenvalue weighted by atomic mass is 36.5. The van der Waals surface area contributed by atoms with Crippen molar-refractivity contribution >= 4 is 21.7 Å². The Kier molecular flexibility index (Phi) is 6.38. The molecule has 1 rings (SSSR count). The zero-order valence-corrected chi connectivity index (χ0v) is 5.39. The largest absolute Gasteiger partial charge is 0.299 e. The molecule has 4 heteroatoms. The van der Waals surface area contributed by atoms with Gasteiger partial charge in [-0.15, -0.1) is 0 Å². The molecule has 8 heavy (non-hydrogen) atoms. The van der Waals surface area contributed by atoms with Crippen LogP contribution in [0.15, 0.2) is 24.7 Å². The summed E-state index contributed by atoms with van der Waals surface area (Å²) in [5, 5.41) is 0. The Morgan fingerprint density at radius 3 is 1.38 bits per heavy atom. The molecule has 1 aliphatic rings. The third-order valence-corrected chi connectivity index (χ3v) is 0.435. The first-order chi connectivity index (χ1) is 4.00. The van der Waals surface area contributed by atoms with Crippen molar-refractivity contribution in [1.82, 2.24) is 0 Å². The van der Waals surface area contributed by atoms with E-state index in [1.165, 1.54) is 12.5 Å². The maximum Gasteiger partial charge on any atom is 0.142 e. The number of rotatable bonds is 0. The monoisotopic (exact) mass is 154 g/mol. The van der Waals surface area contributed by atoms with Gasteiger partial charge in [-0.3, -0.25) is 9.78 Å². The molecule has 0 amide bonds. The highest BCUT2D eigenvalue weighted by Crippen LogP contribution is 1.89. The van der Waals surface area contributed by atoms with Crippen LogP contribution in [0.4, 0.5) is 0 Å². The van der Waals surface area contributed by atoms with Crippen LogP contribution in [0.5, 0.6) is 0 Å². The summed E-state index contributed by atoms with van der Waals surface area (Å²) in [6.07, 6.45) is 6.40. The van der Waals surface area contributed by atoms with Gasteiger partial charge in [0.25, 0.3) is 0 Å². The summed E-state index contributed by atoms with van der Waals surface area (Å²) in [7, 11) is 8.22. The van der Waals surface area contributed by atoms with Crippen LogP contribution in [-0.4, -0.2) is 0 Å². The van der Waals surface area contributed by atoms with Crippen molar-refractivity contribution < 1.29 is 9.78 Å². The van der Waals surface area contributed by atoms with Crippen molar-refractivity contribution in [2.45, 2.75) is 0 Å². The molecular weight excluding hydrogens is 151 g/mol. The fourth-order valence-electron chi connectivity index (χ4n) is 0.219. The molecule has 0 aromatic heterocycles. The van der Waals surface area contributed by atoms with Crippen LogP contribution in [-0.2, 0) is 9.78 Å². The molecule has 0 aliphatic carbocycles. The van der Waals surface area contributed by atoms with Gasteiger partial charge in [0, 0.05) is 21.7 Å². The molecule has 0 aromatic carbocycles. The minimum Gasteiger partial charge on any atom is -0.299 e. The summed E-state index contributed by atoms with van der Waals surface area (Å²) < 4.78 is 0. The molecule has 0 radical (unpaired) electrons. The van der Waals surface area contributed by atoms with Crippen LogP contribution in [0.25, 0.3) is 0 Å². The predicted octanol–water partition coefficient (Wildman–Crippen LogP) is 2.35. The van der Waals surface area contributed by atoms with E-state index in [4.69, 9.17) is 0 Å². The minimum atomic E-state index is 1.46. The third-order valence-electron chi connectivity index (χ3n) is 0.435. The van der Waals surface area contributed by atoms with E-state index < -0.39 is 0 Å². The average Bonchev–Trinajstić information content (AvgIpc) is 1.96. The van der Waals surface area contributed by atoms with Crippen LogP contribution in [0.3, 0.4) is 0 Å². The molecule has 0 aromatic rings. The molecule has 46 valence electrons. The lowest BCUT2D eigenvalue weighted by Gasteiger charge is -1.94. The maximum absolute atomic E-state index is 4.30. The first kappa shape index (κ1) is 7.66. The second-order valence-electron chi connectivity index (χ2n) is 0.850. The van der Waals surface area contributed by atoms with E-state index in [0.717, 1.165) is 0 Å². The molecule has 0 bridgehead atoms. The quantitative estimate of drug-likeness (QED) is 0.500. The van der Waals surface area contributed by atoms with Gasteiger partial charge < -0.3 is 0 Å². The standard InChI is InChI=1S/C4H4O2.Cl2/c1-2-4-6-5-3-1;1-2/h1-4H;. The van der Waals surface area contributed by atoms with Gasteiger partial charge in [0.05, 0.1) is 0 Å². The molecule has 1 heterocycles. The lowest BCUT2D eigenvalue weighted by Crippen LogP contribution is -1.78. The zero-order chi connectivity index (χ0) is 6.24. The Hall–Kier alpha value is -0.340. The van der Waals surface area contributed by atoms with E-state index in [9.17, 15) is 0 Å². The van der Waals surface area contributed by atoms with Gasteiger partial charge in [0.1, 0.15) is 12.5 Å². The van der Waals surface area contributed by atoms with Gasteiger partial charge in [0.2, 0.25) is 0 Å². The molecule has 0 fully saturated rings. The lowest BCUT2D eigenvalue weighted by atomic mass is 10.6. The number of allylic oxidation sites excluding steroid dienone is 2. The number of halogens is 2.